The lowest BCUT2D eigenvalue weighted by Gasteiger charge is -2.03. The Balaban J connectivity index is 1.49. The van der Waals surface area contributed by atoms with E-state index < -0.39 is 0 Å². The average Bonchev–Trinajstić information content (AvgIpc) is 3.25. The Hall–Kier alpha value is -2.94. The van der Waals surface area contributed by atoms with Gasteiger partial charge in [-0.3, -0.25) is 4.79 Å². The molecule has 3 aromatic heterocycles. The van der Waals surface area contributed by atoms with Crippen molar-refractivity contribution in [1.29, 1.82) is 0 Å². The molecule has 7 nitrogen and oxygen atoms in total. The summed E-state index contributed by atoms with van der Waals surface area (Å²) < 4.78 is 20.5. The smallest absolute Gasteiger partial charge is 0.230 e. The number of fused-ring (bicyclic) bond motifs is 3. The Labute approximate surface area is 151 Å². The van der Waals surface area contributed by atoms with Crippen LogP contribution in [0, 0.1) is 5.82 Å². The van der Waals surface area contributed by atoms with Gasteiger partial charge >= 0.3 is 0 Å². The van der Waals surface area contributed by atoms with Crippen LogP contribution in [0.3, 0.4) is 0 Å². The summed E-state index contributed by atoms with van der Waals surface area (Å²) in [5.74, 6) is 0.352. The van der Waals surface area contributed by atoms with Crippen molar-refractivity contribution in [3.8, 4) is 0 Å². The molecule has 1 aromatic carbocycles. The molecule has 0 radical (unpaired) electrons. The van der Waals surface area contributed by atoms with Crippen LogP contribution in [-0.4, -0.2) is 31.4 Å². The molecule has 0 unspecified atom stereocenters. The van der Waals surface area contributed by atoms with Crippen molar-refractivity contribution in [2.45, 2.75) is 11.7 Å². The normalized spacial score (nSPS) is 11.3. The fraction of sp³-hybridized carbons (Fsp3) is 0.176. The van der Waals surface area contributed by atoms with Crippen molar-refractivity contribution >= 4 is 39.7 Å². The molecule has 0 saturated heterocycles. The lowest BCUT2D eigenvalue weighted by molar-refractivity contribution is -0.118. The van der Waals surface area contributed by atoms with Crippen LogP contribution in [0.25, 0.3) is 22.1 Å². The van der Waals surface area contributed by atoms with E-state index in [0.29, 0.717) is 34.0 Å². The fourth-order valence-electron chi connectivity index (χ4n) is 2.66. The van der Waals surface area contributed by atoms with E-state index in [-0.39, 0.29) is 17.5 Å². The molecule has 0 fully saturated rings. The van der Waals surface area contributed by atoms with Gasteiger partial charge in [-0.05, 0) is 30.3 Å². The Morgan fingerprint density at radius 1 is 1.35 bits per heavy atom. The zero-order valence-corrected chi connectivity index (χ0v) is 14.6. The first-order valence-corrected chi connectivity index (χ1v) is 8.80. The quantitative estimate of drug-likeness (QED) is 0.543. The molecule has 0 aliphatic carbocycles. The van der Waals surface area contributed by atoms with E-state index in [9.17, 15) is 9.18 Å². The van der Waals surface area contributed by atoms with Crippen LogP contribution in [0.15, 0.2) is 46.2 Å². The fourth-order valence-corrected chi connectivity index (χ4v) is 3.27. The summed E-state index contributed by atoms with van der Waals surface area (Å²) in [6, 6.07) is 8.05. The molecule has 0 bridgehead atoms. The number of amides is 1. The Morgan fingerprint density at radius 2 is 2.23 bits per heavy atom. The van der Waals surface area contributed by atoms with Crippen molar-refractivity contribution in [2.75, 3.05) is 5.75 Å². The number of nitrogens with one attached hydrogen (secondary N) is 1. The highest BCUT2D eigenvalue weighted by Crippen LogP contribution is 2.26. The number of thioether (sulfide) groups is 1. The van der Waals surface area contributed by atoms with E-state index in [4.69, 9.17) is 4.42 Å². The van der Waals surface area contributed by atoms with Gasteiger partial charge in [-0.15, -0.1) is 10.2 Å². The number of carbonyl (C=O) groups is 1. The zero-order valence-electron chi connectivity index (χ0n) is 13.8. The molecule has 1 N–H and O–H groups in total. The van der Waals surface area contributed by atoms with Gasteiger partial charge in [0, 0.05) is 12.4 Å². The maximum atomic E-state index is 13.5. The van der Waals surface area contributed by atoms with Crippen LogP contribution in [0.4, 0.5) is 4.39 Å². The van der Waals surface area contributed by atoms with E-state index >= 15 is 0 Å². The van der Waals surface area contributed by atoms with Gasteiger partial charge in [0.15, 0.2) is 5.65 Å². The van der Waals surface area contributed by atoms with E-state index in [1.165, 1.54) is 23.9 Å². The first-order valence-electron chi connectivity index (χ1n) is 7.82. The molecule has 0 aliphatic rings. The molecule has 0 spiro atoms. The summed E-state index contributed by atoms with van der Waals surface area (Å²) in [5.41, 5.74) is 1.95. The minimum absolute atomic E-state index is 0.158. The second-order valence-corrected chi connectivity index (χ2v) is 6.57. The van der Waals surface area contributed by atoms with E-state index in [1.54, 1.807) is 24.5 Å². The van der Waals surface area contributed by atoms with Crippen molar-refractivity contribution < 1.29 is 13.6 Å². The second-order valence-electron chi connectivity index (χ2n) is 5.63. The number of hydrogen-bond donors (Lipinski definition) is 1. The van der Waals surface area contributed by atoms with Crippen LogP contribution < -0.4 is 5.32 Å². The number of carbonyl (C=O) groups excluding carboxylic acids is 1. The Morgan fingerprint density at radius 3 is 3.04 bits per heavy atom. The van der Waals surface area contributed by atoms with E-state index in [2.05, 4.69) is 20.5 Å². The summed E-state index contributed by atoms with van der Waals surface area (Å²) >= 11 is 1.19. The van der Waals surface area contributed by atoms with E-state index in [1.807, 2.05) is 11.6 Å². The van der Waals surface area contributed by atoms with Gasteiger partial charge in [-0.25, -0.2) is 9.37 Å². The number of hydrogen-bond acceptors (Lipinski definition) is 6. The van der Waals surface area contributed by atoms with Crippen LogP contribution >= 0.6 is 11.8 Å². The van der Waals surface area contributed by atoms with Crippen LogP contribution in [0.1, 0.15) is 5.76 Å². The molecule has 1 amide bonds. The molecule has 26 heavy (non-hydrogen) atoms. The summed E-state index contributed by atoms with van der Waals surface area (Å²) in [7, 11) is 1.84. The number of rotatable bonds is 5. The van der Waals surface area contributed by atoms with Crippen molar-refractivity contribution in [3.05, 3.63) is 48.2 Å². The van der Waals surface area contributed by atoms with Crippen LogP contribution in [-0.2, 0) is 18.4 Å². The largest absolute Gasteiger partial charge is 0.467 e. The summed E-state index contributed by atoms with van der Waals surface area (Å²) in [4.78, 5) is 16.4. The maximum Gasteiger partial charge on any atom is 0.230 e. The first-order chi connectivity index (χ1) is 12.6. The third-order valence-electron chi connectivity index (χ3n) is 3.91. The number of aromatic nitrogens is 4. The minimum Gasteiger partial charge on any atom is -0.467 e. The van der Waals surface area contributed by atoms with Crippen molar-refractivity contribution in [2.24, 2.45) is 7.05 Å². The highest BCUT2D eigenvalue weighted by molar-refractivity contribution is 7.99. The minimum atomic E-state index is -0.335. The zero-order chi connectivity index (χ0) is 18.1. The van der Waals surface area contributed by atoms with Gasteiger partial charge in [0.25, 0.3) is 0 Å². The van der Waals surface area contributed by atoms with Crippen molar-refractivity contribution in [3.63, 3.8) is 0 Å². The molecule has 0 saturated carbocycles. The molecule has 0 aliphatic heterocycles. The average molecular weight is 371 g/mol. The molecular weight excluding hydrogens is 357 g/mol. The van der Waals surface area contributed by atoms with E-state index in [0.717, 1.165) is 5.52 Å². The summed E-state index contributed by atoms with van der Waals surface area (Å²) in [6.45, 7) is 0.333. The topological polar surface area (TPSA) is 85.8 Å². The predicted molar refractivity (Wildman–Crippen MR) is 95.0 cm³/mol. The van der Waals surface area contributed by atoms with Crippen LogP contribution in [0.2, 0.25) is 0 Å². The monoisotopic (exact) mass is 371 g/mol. The van der Waals surface area contributed by atoms with Gasteiger partial charge in [-0.1, -0.05) is 11.8 Å². The highest BCUT2D eigenvalue weighted by Gasteiger charge is 2.14. The van der Waals surface area contributed by atoms with Gasteiger partial charge in [0.1, 0.15) is 17.1 Å². The molecule has 9 heteroatoms. The summed E-state index contributed by atoms with van der Waals surface area (Å²) in [6.07, 6.45) is 1.56. The third-order valence-corrected chi connectivity index (χ3v) is 4.75. The number of furan rings is 1. The Bertz CT molecular complexity index is 1090. The molecular formula is C17H14FN5O2S. The van der Waals surface area contributed by atoms with Gasteiger partial charge in [-0.2, -0.15) is 0 Å². The number of benzene rings is 1. The predicted octanol–water partition coefficient (Wildman–Crippen LogP) is 2.66. The lowest BCUT2D eigenvalue weighted by Crippen LogP contribution is -2.24. The van der Waals surface area contributed by atoms with Gasteiger partial charge in [0.2, 0.25) is 11.1 Å². The second kappa shape index (κ2) is 6.75. The highest BCUT2D eigenvalue weighted by atomic mass is 32.2. The Kier molecular flexibility index (Phi) is 4.29. The maximum absolute atomic E-state index is 13.5. The first kappa shape index (κ1) is 16.5. The summed E-state index contributed by atoms with van der Waals surface area (Å²) in [5, 5.41) is 12.0. The molecule has 3 heterocycles. The third kappa shape index (κ3) is 3.13. The standard InChI is InChI=1S/C17H14FN5O2S/c1-23-13-5-4-10(18)7-12(13)15-16(23)20-17(22-21-15)26-9-14(24)19-8-11-3-2-6-25-11/h2-7H,8-9H2,1H3,(H,19,24). The van der Waals surface area contributed by atoms with Gasteiger partial charge in [0.05, 0.1) is 24.1 Å². The number of halogens is 1. The number of aryl methyl sites for hydroxylation is 1. The molecule has 4 aromatic rings. The number of nitrogens with zero attached hydrogens (tertiary/aromatic N) is 4. The van der Waals surface area contributed by atoms with Gasteiger partial charge < -0.3 is 14.3 Å². The molecule has 132 valence electrons. The van der Waals surface area contributed by atoms with Crippen LogP contribution in [0.5, 0.6) is 0 Å². The lowest BCUT2D eigenvalue weighted by atomic mass is 10.2. The molecule has 4 rings (SSSR count). The van der Waals surface area contributed by atoms with Crippen molar-refractivity contribution in [1.82, 2.24) is 25.1 Å². The SMILES string of the molecule is Cn1c2ccc(F)cc2c2nnc(SCC(=O)NCc3ccco3)nc21. The molecule has 0 atom stereocenters.